The fourth-order valence-electron chi connectivity index (χ4n) is 1.28. The molecule has 2 aromatic heterocycles. The average molecular weight is 189 g/mol. The predicted molar refractivity (Wildman–Crippen MR) is 51.8 cm³/mol. The highest BCUT2D eigenvalue weighted by atomic mass is 15.3. The van der Waals surface area contributed by atoms with Gasteiger partial charge in [-0.05, 0) is 24.6 Å². The van der Waals surface area contributed by atoms with Crippen LogP contribution in [-0.4, -0.2) is 19.7 Å². The fraction of sp³-hybridized carbons (Fsp3) is 0.222. The van der Waals surface area contributed by atoms with Crippen molar-refractivity contribution in [3.8, 4) is 5.82 Å². The molecule has 0 saturated heterocycles. The van der Waals surface area contributed by atoms with Gasteiger partial charge in [-0.2, -0.15) is 5.10 Å². The van der Waals surface area contributed by atoms with Gasteiger partial charge >= 0.3 is 0 Å². The first-order chi connectivity index (χ1) is 6.79. The van der Waals surface area contributed by atoms with E-state index in [2.05, 4.69) is 15.1 Å². The number of aromatic nitrogens is 4. The second-order valence-corrected chi connectivity index (χ2v) is 3.02. The lowest BCUT2D eigenvalue weighted by Crippen LogP contribution is -2.03. The van der Waals surface area contributed by atoms with Gasteiger partial charge in [0.25, 0.3) is 0 Å². The molecule has 0 atom stereocenters. The van der Waals surface area contributed by atoms with Crippen LogP contribution < -0.4 is 5.73 Å². The zero-order valence-corrected chi connectivity index (χ0v) is 7.88. The normalized spacial score (nSPS) is 10.4. The summed E-state index contributed by atoms with van der Waals surface area (Å²) in [4.78, 5) is 8.19. The molecule has 0 fully saturated rings. The molecule has 5 heteroatoms. The van der Waals surface area contributed by atoms with Crippen LogP contribution in [0.15, 0.2) is 24.8 Å². The minimum absolute atomic E-state index is 0.505. The van der Waals surface area contributed by atoms with Crippen LogP contribution in [0.4, 0.5) is 0 Å². The third-order valence-electron chi connectivity index (χ3n) is 1.89. The van der Waals surface area contributed by atoms with Gasteiger partial charge in [-0.15, -0.1) is 0 Å². The molecule has 0 amide bonds. The lowest BCUT2D eigenvalue weighted by Gasteiger charge is -2.03. The van der Waals surface area contributed by atoms with Gasteiger partial charge in [0.1, 0.15) is 12.7 Å². The molecule has 2 rings (SSSR count). The Labute approximate surface area is 81.6 Å². The first-order valence-electron chi connectivity index (χ1n) is 4.32. The summed E-state index contributed by atoms with van der Waals surface area (Å²) >= 11 is 0. The van der Waals surface area contributed by atoms with Crippen molar-refractivity contribution in [2.75, 3.05) is 0 Å². The minimum Gasteiger partial charge on any atom is -0.326 e. The van der Waals surface area contributed by atoms with Crippen molar-refractivity contribution in [1.29, 1.82) is 0 Å². The molecule has 0 aliphatic carbocycles. The topological polar surface area (TPSA) is 69.6 Å². The molecule has 0 aliphatic rings. The first kappa shape index (κ1) is 8.83. The van der Waals surface area contributed by atoms with Gasteiger partial charge in [-0.1, -0.05) is 0 Å². The van der Waals surface area contributed by atoms with E-state index in [9.17, 15) is 0 Å². The van der Waals surface area contributed by atoms with E-state index in [0.717, 1.165) is 17.1 Å². The molecule has 0 unspecified atom stereocenters. The summed E-state index contributed by atoms with van der Waals surface area (Å²) in [5, 5.41) is 4.01. The highest BCUT2D eigenvalue weighted by Crippen LogP contribution is 2.07. The van der Waals surface area contributed by atoms with Gasteiger partial charge in [0.05, 0.1) is 0 Å². The maximum absolute atomic E-state index is 5.57. The van der Waals surface area contributed by atoms with Crippen molar-refractivity contribution in [3.05, 3.63) is 36.0 Å². The van der Waals surface area contributed by atoms with Gasteiger partial charge in [0.15, 0.2) is 5.82 Å². The summed E-state index contributed by atoms with van der Waals surface area (Å²) in [6.45, 7) is 2.44. The number of nitrogens with two attached hydrogens (primary N) is 1. The van der Waals surface area contributed by atoms with Crippen molar-refractivity contribution >= 4 is 0 Å². The predicted octanol–water partition coefficient (Wildman–Crippen LogP) is 0.429. The van der Waals surface area contributed by atoms with E-state index in [1.165, 1.54) is 6.33 Å². The number of aryl methyl sites for hydroxylation is 1. The zero-order valence-electron chi connectivity index (χ0n) is 7.88. The summed E-state index contributed by atoms with van der Waals surface area (Å²) < 4.78 is 1.62. The molecule has 14 heavy (non-hydrogen) atoms. The molecule has 2 N–H and O–H groups in total. The van der Waals surface area contributed by atoms with E-state index in [0.29, 0.717) is 6.54 Å². The average Bonchev–Trinajstić information content (AvgIpc) is 2.69. The summed E-state index contributed by atoms with van der Waals surface area (Å²) in [5.74, 6) is 0.753. The highest BCUT2D eigenvalue weighted by Gasteiger charge is 2.01. The van der Waals surface area contributed by atoms with Gasteiger partial charge < -0.3 is 5.73 Å². The number of pyridine rings is 1. The van der Waals surface area contributed by atoms with Crippen LogP contribution in [0.2, 0.25) is 0 Å². The van der Waals surface area contributed by atoms with Crippen LogP contribution in [0.1, 0.15) is 11.3 Å². The second kappa shape index (κ2) is 3.55. The van der Waals surface area contributed by atoms with Gasteiger partial charge in [0.2, 0.25) is 0 Å². The molecule has 2 heterocycles. The van der Waals surface area contributed by atoms with Crippen LogP contribution in [0.5, 0.6) is 0 Å². The molecule has 0 aliphatic heterocycles. The Hall–Kier alpha value is -1.75. The second-order valence-electron chi connectivity index (χ2n) is 3.02. The maximum atomic E-state index is 5.57. The van der Waals surface area contributed by atoms with Crippen LogP contribution in [0.3, 0.4) is 0 Å². The van der Waals surface area contributed by atoms with E-state index in [1.54, 1.807) is 11.0 Å². The Morgan fingerprint density at radius 2 is 2.29 bits per heavy atom. The molecule has 0 aromatic carbocycles. The molecule has 0 radical (unpaired) electrons. The largest absolute Gasteiger partial charge is 0.326 e. The number of nitrogens with zero attached hydrogens (tertiary/aromatic N) is 4. The maximum Gasteiger partial charge on any atom is 0.155 e. The Morgan fingerprint density at radius 3 is 2.93 bits per heavy atom. The van der Waals surface area contributed by atoms with Gasteiger partial charge in [-0.25, -0.2) is 14.6 Å². The lowest BCUT2D eigenvalue weighted by atomic mass is 10.2. The van der Waals surface area contributed by atoms with Crippen LogP contribution in [-0.2, 0) is 6.54 Å². The molecule has 0 spiro atoms. The lowest BCUT2D eigenvalue weighted by molar-refractivity contribution is 0.833. The molecule has 0 bridgehead atoms. The van der Waals surface area contributed by atoms with Crippen molar-refractivity contribution in [1.82, 2.24) is 19.7 Å². The Balaban J connectivity index is 2.48. The molecule has 5 nitrogen and oxygen atoms in total. The van der Waals surface area contributed by atoms with E-state index >= 15 is 0 Å². The highest BCUT2D eigenvalue weighted by molar-refractivity contribution is 5.29. The Bertz CT molecular complexity index is 421. The van der Waals surface area contributed by atoms with Crippen LogP contribution in [0, 0.1) is 6.92 Å². The van der Waals surface area contributed by atoms with Crippen molar-refractivity contribution in [2.24, 2.45) is 5.73 Å². The quantitative estimate of drug-likeness (QED) is 0.743. The van der Waals surface area contributed by atoms with E-state index in [1.807, 2.05) is 19.1 Å². The summed E-state index contributed by atoms with van der Waals surface area (Å²) in [7, 11) is 0. The minimum atomic E-state index is 0.505. The Morgan fingerprint density at radius 1 is 1.43 bits per heavy atom. The molecular weight excluding hydrogens is 178 g/mol. The molecule has 72 valence electrons. The molecular formula is C9H11N5. The van der Waals surface area contributed by atoms with E-state index in [-0.39, 0.29) is 0 Å². The smallest absolute Gasteiger partial charge is 0.155 e. The summed E-state index contributed by atoms with van der Waals surface area (Å²) in [6.07, 6.45) is 3.09. The van der Waals surface area contributed by atoms with Gasteiger partial charge in [0, 0.05) is 12.2 Å². The monoisotopic (exact) mass is 189 g/mol. The van der Waals surface area contributed by atoms with Gasteiger partial charge in [-0.3, -0.25) is 0 Å². The third-order valence-corrected chi connectivity index (χ3v) is 1.89. The Kier molecular flexibility index (Phi) is 2.24. The molecule has 0 saturated carbocycles. The SMILES string of the molecule is Cc1cc(CN)cc(-n2cncn2)n1. The van der Waals surface area contributed by atoms with Crippen LogP contribution >= 0.6 is 0 Å². The summed E-state index contributed by atoms with van der Waals surface area (Å²) in [6, 6.07) is 3.86. The van der Waals surface area contributed by atoms with Crippen molar-refractivity contribution < 1.29 is 0 Å². The zero-order chi connectivity index (χ0) is 9.97. The van der Waals surface area contributed by atoms with Crippen LogP contribution in [0.25, 0.3) is 5.82 Å². The van der Waals surface area contributed by atoms with E-state index in [4.69, 9.17) is 5.73 Å². The van der Waals surface area contributed by atoms with E-state index < -0.39 is 0 Å². The first-order valence-corrected chi connectivity index (χ1v) is 4.32. The standard InChI is InChI=1S/C9H11N5/c1-7-2-8(4-10)3-9(13-7)14-6-11-5-12-14/h2-3,5-6H,4,10H2,1H3. The molecule has 2 aromatic rings. The van der Waals surface area contributed by atoms with Crippen molar-refractivity contribution in [3.63, 3.8) is 0 Å². The summed E-state index contributed by atoms with van der Waals surface area (Å²) in [5.41, 5.74) is 7.54. The third kappa shape index (κ3) is 1.62. The number of hydrogen-bond acceptors (Lipinski definition) is 4. The fourth-order valence-corrected chi connectivity index (χ4v) is 1.28. The van der Waals surface area contributed by atoms with Crippen molar-refractivity contribution in [2.45, 2.75) is 13.5 Å². The number of rotatable bonds is 2. The number of hydrogen-bond donors (Lipinski definition) is 1.